The number of allylic oxidation sites excluding steroid dienone is 1. The van der Waals surface area contributed by atoms with Gasteiger partial charge < -0.3 is 14.2 Å². The molecule has 0 spiro atoms. The summed E-state index contributed by atoms with van der Waals surface area (Å²) in [6.45, 7) is 0.897. The lowest BCUT2D eigenvalue weighted by molar-refractivity contribution is 0.104. The number of fused-ring (bicyclic) bond motifs is 1. The number of rotatable bonds is 7. The van der Waals surface area contributed by atoms with Crippen LogP contribution in [0.3, 0.4) is 0 Å². The number of hydrogen-bond donors (Lipinski definition) is 0. The summed E-state index contributed by atoms with van der Waals surface area (Å²) in [6.07, 6.45) is 4.27. The Hall–Kier alpha value is -2.27. The number of carbonyl (C=O) groups is 1. The van der Waals surface area contributed by atoms with Crippen LogP contribution in [0.1, 0.15) is 22.3 Å². The van der Waals surface area contributed by atoms with Gasteiger partial charge in [0.1, 0.15) is 5.75 Å². The highest BCUT2D eigenvalue weighted by molar-refractivity contribution is 9.09. The van der Waals surface area contributed by atoms with Crippen molar-refractivity contribution >= 4 is 27.8 Å². The van der Waals surface area contributed by atoms with E-state index in [1.807, 2.05) is 30.3 Å². The fourth-order valence-corrected chi connectivity index (χ4v) is 2.47. The molecule has 0 fully saturated rings. The lowest BCUT2D eigenvalue weighted by Gasteiger charge is -2.05. The molecule has 5 heteroatoms. The van der Waals surface area contributed by atoms with Crippen molar-refractivity contribution in [1.29, 1.82) is 0 Å². The van der Waals surface area contributed by atoms with Crippen LogP contribution in [0.5, 0.6) is 17.2 Å². The molecule has 124 valence electrons. The smallest absolute Gasteiger partial charge is 0.231 e. The Labute approximate surface area is 149 Å². The zero-order chi connectivity index (χ0) is 16.8. The first-order valence-corrected chi connectivity index (χ1v) is 8.79. The third-order valence-electron chi connectivity index (χ3n) is 3.51. The summed E-state index contributed by atoms with van der Waals surface area (Å²) in [5, 5.41) is 0.911. The molecule has 0 bridgehead atoms. The summed E-state index contributed by atoms with van der Waals surface area (Å²) in [5.41, 5.74) is 1.52. The van der Waals surface area contributed by atoms with E-state index in [0.29, 0.717) is 17.9 Å². The molecule has 0 unspecified atom stereocenters. The van der Waals surface area contributed by atoms with Gasteiger partial charge in [-0.3, -0.25) is 4.79 Å². The molecule has 0 aromatic heterocycles. The molecule has 0 amide bonds. The van der Waals surface area contributed by atoms with Crippen molar-refractivity contribution in [3.8, 4) is 17.2 Å². The van der Waals surface area contributed by atoms with Gasteiger partial charge in [-0.1, -0.05) is 28.1 Å². The molecule has 0 N–H and O–H groups in total. The Morgan fingerprint density at radius 3 is 2.71 bits per heavy atom. The van der Waals surface area contributed by atoms with Gasteiger partial charge >= 0.3 is 0 Å². The van der Waals surface area contributed by atoms with Crippen LogP contribution in [-0.2, 0) is 0 Å². The van der Waals surface area contributed by atoms with E-state index in [1.54, 1.807) is 24.3 Å². The number of halogens is 1. The Morgan fingerprint density at radius 1 is 1.12 bits per heavy atom. The SMILES string of the molecule is O=C(/C=C/c1ccc2c(c1)OCO2)c1ccc(OCCCBr)cc1. The fourth-order valence-electron chi connectivity index (χ4n) is 2.24. The third-order valence-corrected chi connectivity index (χ3v) is 4.07. The van der Waals surface area contributed by atoms with E-state index in [0.717, 1.165) is 28.8 Å². The molecular weight excluding hydrogens is 372 g/mol. The van der Waals surface area contributed by atoms with Crippen LogP contribution in [-0.4, -0.2) is 24.5 Å². The first-order valence-electron chi connectivity index (χ1n) is 7.67. The van der Waals surface area contributed by atoms with Gasteiger partial charge in [0, 0.05) is 10.9 Å². The highest BCUT2D eigenvalue weighted by atomic mass is 79.9. The Bertz CT molecular complexity index is 738. The van der Waals surface area contributed by atoms with Crippen molar-refractivity contribution in [3.05, 3.63) is 59.7 Å². The van der Waals surface area contributed by atoms with Gasteiger partial charge in [0.05, 0.1) is 6.61 Å². The maximum absolute atomic E-state index is 12.2. The van der Waals surface area contributed by atoms with E-state index >= 15 is 0 Å². The largest absolute Gasteiger partial charge is 0.494 e. The van der Waals surface area contributed by atoms with E-state index in [4.69, 9.17) is 14.2 Å². The first kappa shape index (κ1) is 16.6. The topological polar surface area (TPSA) is 44.8 Å². The second-order valence-corrected chi connectivity index (χ2v) is 6.02. The predicted octanol–water partition coefficient (Wildman–Crippen LogP) is 4.48. The zero-order valence-corrected chi connectivity index (χ0v) is 14.6. The molecule has 2 aromatic rings. The summed E-state index contributed by atoms with van der Waals surface area (Å²) >= 11 is 3.36. The number of hydrogen-bond acceptors (Lipinski definition) is 4. The van der Waals surface area contributed by atoms with Crippen molar-refractivity contribution in [2.45, 2.75) is 6.42 Å². The molecule has 1 aliphatic rings. The fraction of sp³-hybridized carbons (Fsp3) is 0.211. The number of benzene rings is 2. The van der Waals surface area contributed by atoms with Crippen LogP contribution in [0.25, 0.3) is 6.08 Å². The van der Waals surface area contributed by atoms with Crippen LogP contribution >= 0.6 is 15.9 Å². The minimum atomic E-state index is -0.0559. The molecule has 0 saturated carbocycles. The van der Waals surface area contributed by atoms with Gasteiger partial charge in [-0.15, -0.1) is 0 Å². The average molecular weight is 389 g/mol. The van der Waals surface area contributed by atoms with Gasteiger partial charge in [-0.25, -0.2) is 0 Å². The van der Waals surface area contributed by atoms with Crippen LogP contribution < -0.4 is 14.2 Å². The van der Waals surface area contributed by atoms with Crippen LogP contribution in [0.4, 0.5) is 0 Å². The molecule has 24 heavy (non-hydrogen) atoms. The molecule has 0 atom stereocenters. The third kappa shape index (κ3) is 4.17. The van der Waals surface area contributed by atoms with Gasteiger partial charge in [0.25, 0.3) is 0 Å². The molecule has 4 nitrogen and oxygen atoms in total. The van der Waals surface area contributed by atoms with Gasteiger partial charge in [-0.05, 0) is 54.5 Å². The number of carbonyl (C=O) groups excluding carboxylic acids is 1. The summed E-state index contributed by atoms with van der Waals surface area (Å²) in [4.78, 5) is 12.2. The Balaban J connectivity index is 1.62. The Kier molecular flexibility index (Phi) is 5.54. The first-order chi connectivity index (χ1) is 11.8. The Morgan fingerprint density at radius 2 is 1.92 bits per heavy atom. The number of ketones is 1. The summed E-state index contributed by atoms with van der Waals surface area (Å²) in [7, 11) is 0. The molecule has 3 rings (SSSR count). The second-order valence-electron chi connectivity index (χ2n) is 5.23. The minimum Gasteiger partial charge on any atom is -0.494 e. The van der Waals surface area contributed by atoms with E-state index < -0.39 is 0 Å². The maximum Gasteiger partial charge on any atom is 0.231 e. The minimum absolute atomic E-state index is 0.0559. The van der Waals surface area contributed by atoms with Crippen LogP contribution in [0.2, 0.25) is 0 Å². The van der Waals surface area contributed by atoms with Crippen molar-refractivity contribution in [3.63, 3.8) is 0 Å². The zero-order valence-electron chi connectivity index (χ0n) is 13.0. The summed E-state index contributed by atoms with van der Waals surface area (Å²) in [5.74, 6) is 2.15. The molecular formula is C19H17BrO4. The van der Waals surface area contributed by atoms with Crippen molar-refractivity contribution in [2.75, 3.05) is 18.7 Å². The number of alkyl halides is 1. The summed E-state index contributed by atoms with van der Waals surface area (Å²) in [6, 6.07) is 12.8. The number of ether oxygens (including phenoxy) is 3. The van der Waals surface area contributed by atoms with E-state index in [9.17, 15) is 4.79 Å². The lowest BCUT2D eigenvalue weighted by Crippen LogP contribution is -1.99. The lowest BCUT2D eigenvalue weighted by atomic mass is 10.1. The predicted molar refractivity (Wildman–Crippen MR) is 96.3 cm³/mol. The van der Waals surface area contributed by atoms with Gasteiger partial charge in [-0.2, -0.15) is 0 Å². The summed E-state index contributed by atoms with van der Waals surface area (Å²) < 4.78 is 16.2. The van der Waals surface area contributed by atoms with Crippen molar-refractivity contribution < 1.29 is 19.0 Å². The standard InChI is InChI=1S/C19H17BrO4/c20-10-1-11-22-16-6-4-15(5-7-16)17(21)8-2-14-3-9-18-19(12-14)24-13-23-18/h2-9,12H,1,10-11,13H2/b8-2+. The molecule has 0 radical (unpaired) electrons. The van der Waals surface area contributed by atoms with Gasteiger partial charge in [0.2, 0.25) is 6.79 Å². The molecule has 0 saturated heterocycles. The molecule has 0 aliphatic carbocycles. The highest BCUT2D eigenvalue weighted by Crippen LogP contribution is 2.32. The van der Waals surface area contributed by atoms with Crippen LogP contribution in [0.15, 0.2) is 48.5 Å². The van der Waals surface area contributed by atoms with E-state index in [1.165, 1.54) is 0 Å². The maximum atomic E-state index is 12.2. The van der Waals surface area contributed by atoms with Crippen molar-refractivity contribution in [2.24, 2.45) is 0 Å². The monoisotopic (exact) mass is 388 g/mol. The molecule has 1 aliphatic heterocycles. The van der Waals surface area contributed by atoms with Gasteiger partial charge in [0.15, 0.2) is 17.3 Å². The van der Waals surface area contributed by atoms with E-state index in [-0.39, 0.29) is 12.6 Å². The highest BCUT2D eigenvalue weighted by Gasteiger charge is 2.12. The molecule has 1 heterocycles. The molecule has 2 aromatic carbocycles. The van der Waals surface area contributed by atoms with Crippen molar-refractivity contribution in [1.82, 2.24) is 0 Å². The quantitative estimate of drug-likeness (QED) is 0.303. The van der Waals surface area contributed by atoms with E-state index in [2.05, 4.69) is 15.9 Å². The van der Waals surface area contributed by atoms with Crippen LogP contribution in [0, 0.1) is 0 Å². The normalized spacial score (nSPS) is 12.5. The average Bonchev–Trinajstić information content (AvgIpc) is 3.08. The second kappa shape index (κ2) is 8.02.